The van der Waals surface area contributed by atoms with Gasteiger partial charge in [0.2, 0.25) is 0 Å². The Morgan fingerprint density at radius 1 is 1.14 bits per heavy atom. The van der Waals surface area contributed by atoms with Crippen molar-refractivity contribution < 1.29 is 24.2 Å². The van der Waals surface area contributed by atoms with Crippen LogP contribution in [-0.4, -0.2) is 34.2 Å². The van der Waals surface area contributed by atoms with Crippen LogP contribution in [0.25, 0.3) is 0 Å². The van der Waals surface area contributed by atoms with Gasteiger partial charge in [-0.05, 0) is 24.6 Å². The molecule has 0 bridgehead atoms. The highest BCUT2D eigenvalue weighted by Gasteiger charge is 2.44. The SMILES string of the molecule is CC1C(C(C)(C)C)Oc2cccc(OCc3ccccc3)c2C(=O)N1C(=O)O. The molecule has 1 N–H and O–H groups in total. The Morgan fingerprint density at radius 2 is 1.82 bits per heavy atom. The highest BCUT2D eigenvalue weighted by molar-refractivity contribution is 6.06. The molecule has 0 fully saturated rings. The Balaban J connectivity index is 2.03. The molecule has 2 unspecified atom stereocenters. The van der Waals surface area contributed by atoms with Gasteiger partial charge in [0.25, 0.3) is 5.91 Å². The van der Waals surface area contributed by atoms with Crippen molar-refractivity contribution >= 4 is 12.0 Å². The Bertz CT molecular complexity index is 872. The summed E-state index contributed by atoms with van der Waals surface area (Å²) in [6, 6.07) is 14.0. The molecule has 0 aromatic heterocycles. The van der Waals surface area contributed by atoms with Gasteiger partial charge >= 0.3 is 6.09 Å². The van der Waals surface area contributed by atoms with E-state index in [0.717, 1.165) is 10.5 Å². The second kappa shape index (κ2) is 7.54. The summed E-state index contributed by atoms with van der Waals surface area (Å²) in [6.07, 6.45) is -1.81. The number of rotatable bonds is 3. The Hall–Kier alpha value is -3.02. The number of carboxylic acid groups (broad SMARTS) is 1. The highest BCUT2D eigenvalue weighted by atomic mass is 16.5. The van der Waals surface area contributed by atoms with Gasteiger partial charge in [0.05, 0.1) is 6.04 Å². The smallest absolute Gasteiger partial charge is 0.414 e. The maximum Gasteiger partial charge on any atom is 0.414 e. The summed E-state index contributed by atoms with van der Waals surface area (Å²) in [6.45, 7) is 7.83. The molecule has 0 spiro atoms. The van der Waals surface area contributed by atoms with Crippen LogP contribution in [0, 0.1) is 5.41 Å². The second-order valence-corrected chi connectivity index (χ2v) is 8.01. The standard InChI is InChI=1S/C22H25NO5/c1-14-19(22(2,3)4)28-17-12-8-11-16(18(17)20(24)23(14)21(25)26)27-13-15-9-6-5-7-10-15/h5-12,14,19H,13H2,1-4H3,(H,25,26). The molecule has 1 heterocycles. The van der Waals surface area contributed by atoms with Crippen molar-refractivity contribution in [3.8, 4) is 11.5 Å². The van der Waals surface area contributed by atoms with Gasteiger partial charge in [-0.2, -0.15) is 0 Å². The fourth-order valence-corrected chi connectivity index (χ4v) is 3.51. The van der Waals surface area contributed by atoms with Gasteiger partial charge < -0.3 is 14.6 Å². The molecule has 2 aromatic rings. The molecular formula is C22H25NO5. The molecule has 3 rings (SSSR count). The lowest BCUT2D eigenvalue weighted by Crippen LogP contribution is -2.52. The van der Waals surface area contributed by atoms with E-state index >= 15 is 0 Å². The van der Waals surface area contributed by atoms with Crippen LogP contribution < -0.4 is 9.47 Å². The third-order valence-electron chi connectivity index (χ3n) is 4.82. The third-order valence-corrected chi connectivity index (χ3v) is 4.82. The van der Waals surface area contributed by atoms with Crippen molar-refractivity contribution in [2.24, 2.45) is 5.41 Å². The number of hydrogen-bond donors (Lipinski definition) is 1. The van der Waals surface area contributed by atoms with Gasteiger partial charge in [0.1, 0.15) is 29.8 Å². The second-order valence-electron chi connectivity index (χ2n) is 8.01. The van der Waals surface area contributed by atoms with Gasteiger partial charge in [-0.25, -0.2) is 9.69 Å². The largest absolute Gasteiger partial charge is 0.488 e. The molecule has 2 amide bonds. The summed E-state index contributed by atoms with van der Waals surface area (Å²) >= 11 is 0. The predicted octanol–water partition coefficient (Wildman–Crippen LogP) is 4.58. The fourth-order valence-electron chi connectivity index (χ4n) is 3.51. The molecule has 1 aliphatic heterocycles. The van der Waals surface area contributed by atoms with E-state index in [1.54, 1.807) is 25.1 Å². The van der Waals surface area contributed by atoms with Gasteiger partial charge in [0, 0.05) is 5.41 Å². The van der Waals surface area contributed by atoms with Crippen molar-refractivity contribution in [2.45, 2.75) is 46.4 Å². The number of amides is 2. The summed E-state index contributed by atoms with van der Waals surface area (Å²) in [5.74, 6) is 0.0101. The number of imide groups is 1. The molecule has 28 heavy (non-hydrogen) atoms. The van der Waals surface area contributed by atoms with Crippen molar-refractivity contribution in [3.63, 3.8) is 0 Å². The third kappa shape index (κ3) is 3.81. The number of benzene rings is 2. The van der Waals surface area contributed by atoms with E-state index in [1.807, 2.05) is 51.1 Å². The summed E-state index contributed by atoms with van der Waals surface area (Å²) < 4.78 is 12.1. The predicted molar refractivity (Wildman–Crippen MR) is 105 cm³/mol. The topological polar surface area (TPSA) is 76.1 Å². The molecule has 2 atom stereocenters. The van der Waals surface area contributed by atoms with Gasteiger partial charge in [-0.15, -0.1) is 0 Å². The van der Waals surface area contributed by atoms with Gasteiger partial charge in [0.15, 0.2) is 0 Å². The van der Waals surface area contributed by atoms with Crippen molar-refractivity contribution in [1.29, 1.82) is 0 Å². The molecule has 0 radical (unpaired) electrons. The van der Waals surface area contributed by atoms with E-state index in [4.69, 9.17) is 9.47 Å². The van der Waals surface area contributed by atoms with Crippen LogP contribution in [0.5, 0.6) is 11.5 Å². The summed E-state index contributed by atoms with van der Waals surface area (Å²) in [5.41, 5.74) is 0.702. The summed E-state index contributed by atoms with van der Waals surface area (Å²) in [4.78, 5) is 25.9. The van der Waals surface area contributed by atoms with Crippen LogP contribution >= 0.6 is 0 Å². The number of carbonyl (C=O) groups is 2. The fraction of sp³-hybridized carbons (Fsp3) is 0.364. The molecular weight excluding hydrogens is 358 g/mol. The zero-order chi connectivity index (χ0) is 20.5. The van der Waals surface area contributed by atoms with E-state index in [2.05, 4.69) is 0 Å². The quantitative estimate of drug-likeness (QED) is 0.839. The van der Waals surface area contributed by atoms with Crippen LogP contribution in [-0.2, 0) is 6.61 Å². The summed E-state index contributed by atoms with van der Waals surface area (Å²) in [7, 11) is 0. The molecule has 1 aliphatic rings. The lowest BCUT2D eigenvalue weighted by atomic mass is 9.84. The van der Waals surface area contributed by atoms with Gasteiger partial charge in [-0.3, -0.25) is 4.79 Å². The Kier molecular flexibility index (Phi) is 5.31. The first-order valence-corrected chi connectivity index (χ1v) is 9.23. The van der Waals surface area contributed by atoms with E-state index in [0.29, 0.717) is 11.5 Å². The monoisotopic (exact) mass is 383 g/mol. The van der Waals surface area contributed by atoms with Crippen molar-refractivity contribution in [2.75, 3.05) is 0 Å². The van der Waals surface area contributed by atoms with E-state index in [-0.39, 0.29) is 17.6 Å². The zero-order valence-electron chi connectivity index (χ0n) is 16.5. The molecule has 0 saturated carbocycles. The molecule has 2 aromatic carbocycles. The van der Waals surface area contributed by atoms with E-state index in [9.17, 15) is 14.7 Å². The van der Waals surface area contributed by atoms with Gasteiger partial charge in [-0.1, -0.05) is 57.2 Å². The molecule has 6 heteroatoms. The van der Waals surface area contributed by atoms with Crippen LogP contribution in [0.4, 0.5) is 4.79 Å². The molecule has 148 valence electrons. The highest BCUT2D eigenvalue weighted by Crippen LogP contribution is 2.39. The van der Waals surface area contributed by atoms with E-state index in [1.165, 1.54) is 0 Å². The van der Waals surface area contributed by atoms with Crippen molar-refractivity contribution in [1.82, 2.24) is 4.90 Å². The normalized spacial score (nSPS) is 19.4. The van der Waals surface area contributed by atoms with Crippen molar-refractivity contribution in [3.05, 3.63) is 59.7 Å². The minimum atomic E-state index is -1.30. The number of fused-ring (bicyclic) bond motifs is 1. The molecule has 0 saturated heterocycles. The molecule has 0 aliphatic carbocycles. The minimum Gasteiger partial charge on any atom is -0.488 e. The maximum atomic E-state index is 13.2. The number of carbonyl (C=O) groups excluding carboxylic acids is 1. The average Bonchev–Trinajstić information content (AvgIpc) is 2.75. The number of ether oxygens (including phenoxy) is 2. The van der Waals surface area contributed by atoms with Crippen LogP contribution in [0.1, 0.15) is 43.6 Å². The Morgan fingerprint density at radius 3 is 2.43 bits per heavy atom. The lowest BCUT2D eigenvalue weighted by molar-refractivity contribution is 0.0195. The van der Waals surface area contributed by atoms with Crippen LogP contribution in [0.2, 0.25) is 0 Å². The maximum absolute atomic E-state index is 13.2. The summed E-state index contributed by atoms with van der Waals surface area (Å²) in [5, 5.41) is 9.72. The number of nitrogens with zero attached hydrogens (tertiary/aromatic N) is 1. The first-order valence-electron chi connectivity index (χ1n) is 9.23. The number of hydrogen-bond acceptors (Lipinski definition) is 4. The zero-order valence-corrected chi connectivity index (χ0v) is 16.5. The average molecular weight is 383 g/mol. The first-order chi connectivity index (χ1) is 13.2. The Labute approximate surface area is 164 Å². The van der Waals surface area contributed by atoms with Crippen LogP contribution in [0.3, 0.4) is 0 Å². The first kappa shape index (κ1) is 19.7. The molecule has 6 nitrogen and oxygen atoms in total. The van der Waals surface area contributed by atoms with E-state index < -0.39 is 24.1 Å². The lowest BCUT2D eigenvalue weighted by Gasteiger charge is -2.36. The minimum absolute atomic E-state index is 0.138. The van der Waals surface area contributed by atoms with Crippen LogP contribution in [0.15, 0.2) is 48.5 Å².